The molecular formula is C15H17FN2O4. The van der Waals surface area contributed by atoms with E-state index in [4.69, 9.17) is 0 Å². The Hall–Kier alpha value is -2.44. The van der Waals surface area contributed by atoms with E-state index in [2.05, 4.69) is 10.1 Å². The molecule has 0 aromatic heterocycles. The fraction of sp³-hybridized carbons (Fsp3) is 0.400. The van der Waals surface area contributed by atoms with Crippen LogP contribution in [0.1, 0.15) is 24.4 Å². The Morgan fingerprint density at radius 2 is 2.00 bits per heavy atom. The standard InChI is InChI=1S/C15H17FN2O4/c1-22-13(20)7-6-12(19)18-9-8-17-15(21)14(18)10-2-4-11(16)5-3-10/h2-5,14H,6-9H2,1H3,(H,17,21). The summed E-state index contributed by atoms with van der Waals surface area (Å²) in [5, 5.41) is 2.69. The van der Waals surface area contributed by atoms with Crippen LogP contribution in [0.2, 0.25) is 0 Å². The van der Waals surface area contributed by atoms with Crippen LogP contribution in [-0.2, 0) is 19.1 Å². The first-order chi connectivity index (χ1) is 10.5. The van der Waals surface area contributed by atoms with Crippen molar-refractivity contribution < 1.29 is 23.5 Å². The summed E-state index contributed by atoms with van der Waals surface area (Å²) in [6.45, 7) is 0.689. The van der Waals surface area contributed by atoms with Crippen LogP contribution in [0.3, 0.4) is 0 Å². The third-order valence-electron chi connectivity index (χ3n) is 3.49. The van der Waals surface area contributed by atoms with Gasteiger partial charge in [0.1, 0.15) is 11.9 Å². The maximum Gasteiger partial charge on any atom is 0.306 e. The van der Waals surface area contributed by atoms with Gasteiger partial charge in [-0.15, -0.1) is 0 Å². The first-order valence-electron chi connectivity index (χ1n) is 6.92. The molecule has 1 heterocycles. The van der Waals surface area contributed by atoms with Gasteiger partial charge in [-0.3, -0.25) is 14.4 Å². The molecule has 1 saturated heterocycles. The third kappa shape index (κ3) is 3.60. The number of rotatable bonds is 4. The minimum absolute atomic E-state index is 0.0301. The summed E-state index contributed by atoms with van der Waals surface area (Å²) >= 11 is 0. The van der Waals surface area contributed by atoms with Gasteiger partial charge < -0.3 is 15.0 Å². The molecule has 7 heteroatoms. The first-order valence-corrected chi connectivity index (χ1v) is 6.92. The van der Waals surface area contributed by atoms with Gasteiger partial charge in [0, 0.05) is 19.5 Å². The highest BCUT2D eigenvalue weighted by Gasteiger charge is 2.34. The summed E-state index contributed by atoms with van der Waals surface area (Å²) in [7, 11) is 1.25. The lowest BCUT2D eigenvalue weighted by Gasteiger charge is -2.35. The number of hydrogen-bond donors (Lipinski definition) is 1. The lowest BCUT2D eigenvalue weighted by Crippen LogP contribution is -2.52. The molecule has 0 bridgehead atoms. The number of benzene rings is 1. The van der Waals surface area contributed by atoms with E-state index in [9.17, 15) is 18.8 Å². The van der Waals surface area contributed by atoms with Crippen LogP contribution in [0.15, 0.2) is 24.3 Å². The Morgan fingerprint density at radius 1 is 1.32 bits per heavy atom. The van der Waals surface area contributed by atoms with Crippen molar-refractivity contribution >= 4 is 17.8 Å². The molecule has 1 aliphatic heterocycles. The molecule has 0 radical (unpaired) electrons. The fourth-order valence-corrected chi connectivity index (χ4v) is 2.37. The highest BCUT2D eigenvalue weighted by Crippen LogP contribution is 2.24. The van der Waals surface area contributed by atoms with Gasteiger partial charge in [-0.1, -0.05) is 12.1 Å². The number of halogens is 1. The molecule has 1 N–H and O–H groups in total. The molecule has 2 rings (SSSR count). The molecule has 1 aromatic carbocycles. The number of carbonyl (C=O) groups is 3. The lowest BCUT2D eigenvalue weighted by molar-refractivity contribution is -0.147. The van der Waals surface area contributed by atoms with Gasteiger partial charge in [-0.05, 0) is 17.7 Å². The van der Waals surface area contributed by atoms with Crippen LogP contribution in [0, 0.1) is 5.82 Å². The van der Waals surface area contributed by atoms with Crippen molar-refractivity contribution in [1.82, 2.24) is 10.2 Å². The molecule has 22 heavy (non-hydrogen) atoms. The van der Waals surface area contributed by atoms with Gasteiger partial charge in [-0.25, -0.2) is 4.39 Å². The van der Waals surface area contributed by atoms with Gasteiger partial charge in [0.25, 0.3) is 0 Å². The van der Waals surface area contributed by atoms with Crippen LogP contribution < -0.4 is 5.32 Å². The Bertz CT molecular complexity index is 573. The van der Waals surface area contributed by atoms with Gasteiger partial charge in [0.05, 0.1) is 13.5 Å². The Labute approximate surface area is 127 Å². The molecule has 118 valence electrons. The van der Waals surface area contributed by atoms with E-state index in [1.807, 2.05) is 0 Å². The number of nitrogens with one attached hydrogen (secondary N) is 1. The summed E-state index contributed by atoms with van der Waals surface area (Å²) in [4.78, 5) is 36.9. The van der Waals surface area contributed by atoms with Crippen molar-refractivity contribution in [3.8, 4) is 0 Å². The zero-order chi connectivity index (χ0) is 16.1. The minimum Gasteiger partial charge on any atom is -0.469 e. The first kappa shape index (κ1) is 15.9. The highest BCUT2D eigenvalue weighted by molar-refractivity contribution is 5.90. The summed E-state index contributed by atoms with van der Waals surface area (Å²) in [6.07, 6.45) is -0.0682. The van der Waals surface area contributed by atoms with E-state index in [-0.39, 0.29) is 24.7 Å². The fourth-order valence-electron chi connectivity index (χ4n) is 2.37. The number of carbonyl (C=O) groups excluding carboxylic acids is 3. The van der Waals surface area contributed by atoms with Crippen molar-refractivity contribution in [3.05, 3.63) is 35.6 Å². The van der Waals surface area contributed by atoms with Crippen LogP contribution in [0.5, 0.6) is 0 Å². The summed E-state index contributed by atoms with van der Waals surface area (Å²) in [6, 6.07) is 4.64. The van der Waals surface area contributed by atoms with E-state index >= 15 is 0 Å². The van der Waals surface area contributed by atoms with Crippen molar-refractivity contribution in [2.45, 2.75) is 18.9 Å². The zero-order valence-electron chi connectivity index (χ0n) is 12.2. The largest absolute Gasteiger partial charge is 0.469 e. The maximum absolute atomic E-state index is 13.0. The number of methoxy groups -OCH3 is 1. The van der Waals surface area contributed by atoms with Crippen LogP contribution in [0.25, 0.3) is 0 Å². The molecule has 0 aliphatic carbocycles. The molecule has 1 aromatic rings. The van der Waals surface area contributed by atoms with Crippen LogP contribution in [-0.4, -0.2) is 42.9 Å². The van der Waals surface area contributed by atoms with E-state index < -0.39 is 17.8 Å². The predicted molar refractivity (Wildman–Crippen MR) is 75.1 cm³/mol. The highest BCUT2D eigenvalue weighted by atomic mass is 19.1. The van der Waals surface area contributed by atoms with E-state index in [0.717, 1.165) is 0 Å². The van der Waals surface area contributed by atoms with E-state index in [1.54, 1.807) is 0 Å². The second-order valence-electron chi connectivity index (χ2n) is 4.91. The van der Waals surface area contributed by atoms with Gasteiger partial charge in [-0.2, -0.15) is 0 Å². The zero-order valence-corrected chi connectivity index (χ0v) is 12.2. The molecule has 6 nitrogen and oxygen atoms in total. The van der Waals surface area contributed by atoms with Crippen molar-refractivity contribution in [3.63, 3.8) is 0 Å². The molecule has 1 atom stereocenters. The SMILES string of the molecule is COC(=O)CCC(=O)N1CCNC(=O)C1c1ccc(F)cc1. The Kier molecular flexibility index (Phi) is 5.08. The topological polar surface area (TPSA) is 75.7 Å². The smallest absolute Gasteiger partial charge is 0.306 e. The summed E-state index contributed by atoms with van der Waals surface area (Å²) in [5.41, 5.74) is 0.532. The van der Waals surface area contributed by atoms with Crippen molar-refractivity contribution in [2.75, 3.05) is 20.2 Å². The monoisotopic (exact) mass is 308 g/mol. The lowest BCUT2D eigenvalue weighted by atomic mass is 10.0. The van der Waals surface area contributed by atoms with Gasteiger partial charge in [0.2, 0.25) is 11.8 Å². The van der Waals surface area contributed by atoms with E-state index in [0.29, 0.717) is 18.7 Å². The molecule has 1 unspecified atom stereocenters. The average molecular weight is 308 g/mol. The number of amides is 2. The molecular weight excluding hydrogens is 291 g/mol. The van der Waals surface area contributed by atoms with Crippen LogP contribution in [0.4, 0.5) is 4.39 Å². The van der Waals surface area contributed by atoms with Crippen LogP contribution >= 0.6 is 0 Å². The number of nitrogens with zero attached hydrogens (tertiary/aromatic N) is 1. The molecule has 1 fully saturated rings. The molecule has 0 spiro atoms. The van der Waals surface area contributed by atoms with Gasteiger partial charge >= 0.3 is 5.97 Å². The third-order valence-corrected chi connectivity index (χ3v) is 3.49. The second-order valence-corrected chi connectivity index (χ2v) is 4.91. The average Bonchev–Trinajstić information content (AvgIpc) is 2.53. The van der Waals surface area contributed by atoms with E-state index in [1.165, 1.54) is 36.3 Å². The number of hydrogen-bond acceptors (Lipinski definition) is 4. The summed E-state index contributed by atoms with van der Waals surface area (Å²) < 4.78 is 17.5. The van der Waals surface area contributed by atoms with Gasteiger partial charge in [0.15, 0.2) is 0 Å². The quantitative estimate of drug-likeness (QED) is 0.834. The molecule has 2 amide bonds. The predicted octanol–water partition coefficient (Wildman–Crippen LogP) is 0.778. The number of ether oxygens (including phenoxy) is 1. The summed E-state index contributed by atoms with van der Waals surface area (Å²) in [5.74, 6) is -1.52. The maximum atomic E-state index is 13.0. The van der Waals surface area contributed by atoms with Crippen molar-refractivity contribution in [2.24, 2.45) is 0 Å². The number of piperazine rings is 1. The molecule has 1 aliphatic rings. The normalized spacial score (nSPS) is 17.8. The number of esters is 1. The van der Waals surface area contributed by atoms with Crippen molar-refractivity contribution in [1.29, 1.82) is 0 Å². The minimum atomic E-state index is -0.806. The Balaban J connectivity index is 2.16. The molecule has 0 saturated carbocycles. The Morgan fingerprint density at radius 3 is 2.64 bits per heavy atom. The second kappa shape index (κ2) is 7.02.